The first-order valence-electron chi connectivity index (χ1n) is 17.0. The van der Waals surface area contributed by atoms with Crippen LogP contribution in [0.15, 0.2) is 24.3 Å². The van der Waals surface area contributed by atoms with Crippen LogP contribution in [-0.4, -0.2) is 102 Å². The van der Waals surface area contributed by atoms with Crippen molar-refractivity contribution in [2.45, 2.75) is 95.6 Å². The molecule has 0 radical (unpaired) electrons. The third kappa shape index (κ3) is 7.33. The molecule has 3 amide bonds. The summed E-state index contributed by atoms with van der Waals surface area (Å²) in [6, 6.07) is 6.16. The van der Waals surface area contributed by atoms with Crippen molar-refractivity contribution in [1.29, 1.82) is 0 Å². The summed E-state index contributed by atoms with van der Waals surface area (Å²) in [4.78, 5) is 47.7. The number of primary amides is 1. The van der Waals surface area contributed by atoms with Gasteiger partial charge in [-0.1, -0.05) is 38.8 Å². The van der Waals surface area contributed by atoms with E-state index < -0.39 is 30.2 Å². The van der Waals surface area contributed by atoms with Crippen LogP contribution in [0.1, 0.15) is 64.4 Å². The van der Waals surface area contributed by atoms with E-state index in [1.165, 1.54) is 4.90 Å². The molecule has 1 saturated carbocycles. The van der Waals surface area contributed by atoms with Gasteiger partial charge >= 0.3 is 6.09 Å². The van der Waals surface area contributed by atoms with E-state index in [1.807, 2.05) is 31.2 Å². The predicted molar refractivity (Wildman–Crippen MR) is 171 cm³/mol. The van der Waals surface area contributed by atoms with Gasteiger partial charge in [-0.25, -0.2) is 9.78 Å². The van der Waals surface area contributed by atoms with Gasteiger partial charge in [-0.05, 0) is 56.7 Å². The van der Waals surface area contributed by atoms with Crippen LogP contribution in [0.25, 0.3) is 10.9 Å². The summed E-state index contributed by atoms with van der Waals surface area (Å²) in [5, 5.41) is 3.63. The molecular weight excluding hydrogens is 590 g/mol. The molecule has 3 aliphatic heterocycles. The number of alkyl carbamates (subject to hydrolysis) is 1. The Morgan fingerprint density at radius 3 is 2.76 bits per heavy atom. The molecule has 12 nitrogen and oxygen atoms in total. The van der Waals surface area contributed by atoms with Gasteiger partial charge in [0.15, 0.2) is 0 Å². The monoisotopic (exact) mass is 637 g/mol. The number of morpholine rings is 1. The van der Waals surface area contributed by atoms with E-state index in [1.54, 1.807) is 0 Å². The maximum atomic E-state index is 13.7. The van der Waals surface area contributed by atoms with Crippen molar-refractivity contribution in [2.75, 3.05) is 39.4 Å². The van der Waals surface area contributed by atoms with Crippen LogP contribution < -0.4 is 20.5 Å². The highest BCUT2D eigenvalue weighted by molar-refractivity contribution is 5.91. The van der Waals surface area contributed by atoms with Crippen LogP contribution in [0.5, 0.6) is 11.6 Å². The molecule has 2 saturated heterocycles. The van der Waals surface area contributed by atoms with Gasteiger partial charge in [0, 0.05) is 24.9 Å². The summed E-state index contributed by atoms with van der Waals surface area (Å²) >= 11 is 0. The molecule has 250 valence electrons. The Bertz CT molecular complexity index is 1420. The average molecular weight is 638 g/mol. The number of likely N-dealkylation sites (N-methyl/N-ethyl adjacent to an activating group) is 1. The number of ether oxygens (including phenoxy) is 4. The van der Waals surface area contributed by atoms with Crippen LogP contribution in [0.4, 0.5) is 4.79 Å². The lowest BCUT2D eigenvalue weighted by Gasteiger charge is -2.32. The number of nitrogens with one attached hydrogen (secondary N) is 1. The minimum Gasteiger partial charge on any atom is -0.490 e. The zero-order valence-corrected chi connectivity index (χ0v) is 26.9. The van der Waals surface area contributed by atoms with Crippen LogP contribution in [0.2, 0.25) is 0 Å². The number of amides is 3. The Hall–Kier alpha value is -3.64. The van der Waals surface area contributed by atoms with Crippen LogP contribution in [0.3, 0.4) is 0 Å². The third-order valence-electron chi connectivity index (χ3n) is 9.76. The summed E-state index contributed by atoms with van der Waals surface area (Å²) < 4.78 is 24.9. The number of nitrogens with zero attached hydrogens (tertiary/aromatic N) is 3. The Morgan fingerprint density at radius 2 is 1.96 bits per heavy atom. The molecule has 3 N–H and O–H groups in total. The Balaban J connectivity index is 1.32. The van der Waals surface area contributed by atoms with Crippen molar-refractivity contribution in [3.63, 3.8) is 0 Å². The normalized spacial score (nSPS) is 29.4. The highest BCUT2D eigenvalue weighted by Gasteiger charge is 2.44. The van der Waals surface area contributed by atoms with Gasteiger partial charge in [-0.2, -0.15) is 0 Å². The number of aromatic nitrogens is 1. The number of fused-ring (bicyclic) bond motifs is 5. The van der Waals surface area contributed by atoms with E-state index in [9.17, 15) is 14.4 Å². The molecule has 46 heavy (non-hydrogen) atoms. The predicted octanol–water partition coefficient (Wildman–Crippen LogP) is 3.18. The van der Waals surface area contributed by atoms with Crippen molar-refractivity contribution < 1.29 is 33.3 Å². The topological polar surface area (TPSA) is 146 Å². The lowest BCUT2D eigenvalue weighted by molar-refractivity contribution is -0.139. The van der Waals surface area contributed by atoms with E-state index in [2.05, 4.69) is 17.1 Å². The fourth-order valence-corrected chi connectivity index (χ4v) is 6.99. The van der Waals surface area contributed by atoms with Gasteiger partial charge in [0.05, 0.1) is 24.2 Å². The molecule has 2 aromatic rings. The molecule has 6 atom stereocenters. The number of benzene rings is 1. The lowest BCUT2D eigenvalue weighted by atomic mass is 10.0. The van der Waals surface area contributed by atoms with Gasteiger partial charge in [-0.3, -0.25) is 14.5 Å². The van der Waals surface area contributed by atoms with E-state index in [-0.39, 0.29) is 31.1 Å². The second-order valence-corrected chi connectivity index (χ2v) is 13.0. The third-order valence-corrected chi connectivity index (χ3v) is 9.76. The molecule has 1 aliphatic carbocycles. The smallest absolute Gasteiger partial charge is 0.408 e. The average Bonchev–Trinajstić information content (AvgIpc) is 3.64. The molecule has 1 aromatic carbocycles. The van der Waals surface area contributed by atoms with Gasteiger partial charge in [0.1, 0.15) is 42.8 Å². The number of nitrogens with two attached hydrogens (primary N) is 1. The fraction of sp³-hybridized carbons (Fsp3) is 0.647. The molecule has 6 unspecified atom stereocenters. The summed E-state index contributed by atoms with van der Waals surface area (Å²) in [6.07, 6.45) is 4.64. The summed E-state index contributed by atoms with van der Waals surface area (Å²) in [5.41, 5.74) is 7.42. The second kappa shape index (κ2) is 14.4. The maximum Gasteiger partial charge on any atom is 0.408 e. The van der Waals surface area contributed by atoms with Crippen molar-refractivity contribution in [3.8, 4) is 11.6 Å². The van der Waals surface area contributed by atoms with E-state index in [0.717, 1.165) is 74.0 Å². The SMILES string of the molecule is CCC1NC(=O)OC2CC2CCCCCc2c(nc3ccccc3c2OCC2CN(CC)CCO2)OC2CC(C(N)=O)N(C2)C1=O. The summed E-state index contributed by atoms with van der Waals surface area (Å²) in [5.74, 6) is 0.527. The zero-order chi connectivity index (χ0) is 32.2. The molecular formula is C34H47N5O7. The minimum atomic E-state index is -0.871. The van der Waals surface area contributed by atoms with Gasteiger partial charge < -0.3 is 34.9 Å². The largest absolute Gasteiger partial charge is 0.490 e. The molecule has 12 heteroatoms. The Morgan fingerprint density at radius 1 is 1.11 bits per heavy atom. The first kappa shape index (κ1) is 32.3. The molecule has 4 heterocycles. The molecule has 3 fully saturated rings. The highest BCUT2D eigenvalue weighted by atomic mass is 16.6. The van der Waals surface area contributed by atoms with E-state index in [0.29, 0.717) is 37.9 Å². The van der Waals surface area contributed by atoms with Crippen molar-refractivity contribution in [3.05, 3.63) is 29.8 Å². The minimum absolute atomic E-state index is 0.0529. The summed E-state index contributed by atoms with van der Waals surface area (Å²) in [6.45, 7) is 7.87. The number of pyridine rings is 1. The van der Waals surface area contributed by atoms with Gasteiger partial charge in [-0.15, -0.1) is 0 Å². The van der Waals surface area contributed by atoms with Crippen LogP contribution in [0, 0.1) is 5.92 Å². The van der Waals surface area contributed by atoms with Crippen molar-refractivity contribution in [1.82, 2.24) is 20.1 Å². The quantitative estimate of drug-likeness (QED) is 0.488. The number of carbonyl (C=O) groups is 3. The standard InChI is InChI=1S/C34H47N5O7/c1-3-26-33(41)39-19-22(17-28(39)31(35)40)45-32-25(12-7-5-6-10-21-16-29(21)46-34(42)37-26)30(24-11-8-9-13-27(24)36-32)44-20-23-18-38(4-2)14-15-43-23/h8-9,11,13,21-23,26,28-29H,3-7,10,12,14-20H2,1-2H3,(H2,35,40)(H,37,42). The van der Waals surface area contributed by atoms with Crippen molar-refractivity contribution >= 4 is 28.8 Å². The van der Waals surface area contributed by atoms with Gasteiger partial charge in [0.2, 0.25) is 17.7 Å². The van der Waals surface area contributed by atoms with Crippen LogP contribution in [-0.2, 0) is 25.5 Å². The molecule has 0 spiro atoms. The number of rotatable bonds is 6. The number of hydrogen-bond acceptors (Lipinski definition) is 9. The maximum absolute atomic E-state index is 13.7. The number of para-hydroxylation sites is 1. The molecule has 2 bridgehead atoms. The van der Waals surface area contributed by atoms with Gasteiger partial charge in [0.25, 0.3) is 0 Å². The fourth-order valence-electron chi connectivity index (χ4n) is 6.99. The Labute approximate surface area is 270 Å². The van der Waals surface area contributed by atoms with Crippen LogP contribution >= 0.6 is 0 Å². The van der Waals surface area contributed by atoms with E-state index >= 15 is 0 Å². The lowest BCUT2D eigenvalue weighted by Crippen LogP contribution is -2.52. The first-order chi connectivity index (χ1) is 22.3. The molecule has 1 aromatic heterocycles. The second-order valence-electron chi connectivity index (χ2n) is 13.0. The van der Waals surface area contributed by atoms with Crippen molar-refractivity contribution in [2.24, 2.45) is 11.7 Å². The number of carbonyl (C=O) groups excluding carboxylic acids is 3. The number of hydrogen-bond donors (Lipinski definition) is 2. The highest BCUT2D eigenvalue weighted by Crippen LogP contribution is 2.40. The molecule has 4 aliphatic rings. The Kier molecular flexibility index (Phi) is 10.1. The zero-order valence-electron chi connectivity index (χ0n) is 26.9. The van der Waals surface area contributed by atoms with E-state index in [4.69, 9.17) is 29.7 Å². The first-order valence-corrected chi connectivity index (χ1v) is 17.0. The summed E-state index contributed by atoms with van der Waals surface area (Å²) in [7, 11) is 0. The molecule has 6 rings (SSSR count).